The van der Waals surface area contributed by atoms with Gasteiger partial charge in [-0.2, -0.15) is 0 Å². The van der Waals surface area contributed by atoms with Crippen LogP contribution in [0.4, 0.5) is 0 Å². The van der Waals surface area contributed by atoms with Gasteiger partial charge in [0.05, 0.1) is 16.7 Å². The van der Waals surface area contributed by atoms with E-state index in [2.05, 4.69) is 11.2 Å². The Hall–Kier alpha value is -0.700. The minimum Gasteiger partial charge on any atom is -0.487 e. The molecule has 3 heteroatoms. The summed E-state index contributed by atoms with van der Waals surface area (Å²) in [6.45, 7) is 2.00. The Labute approximate surface area is 82.7 Å². The molecule has 0 amide bonds. The topological polar surface area (TPSA) is 22.1 Å². The van der Waals surface area contributed by atoms with Crippen LogP contribution in [0, 0.1) is 6.92 Å². The third-order valence-electron chi connectivity index (χ3n) is 2.08. The zero-order chi connectivity index (χ0) is 9.26. The average Bonchev–Trinajstić information content (AvgIpc) is 2.92. The fourth-order valence-corrected chi connectivity index (χ4v) is 1.76. The first-order chi connectivity index (χ1) is 6.31. The highest BCUT2D eigenvalue weighted by atomic mass is 32.2. The van der Waals surface area contributed by atoms with Crippen LogP contribution < -0.4 is 4.74 Å². The molecule has 1 saturated carbocycles. The van der Waals surface area contributed by atoms with Gasteiger partial charge in [0.2, 0.25) is 0 Å². The lowest BCUT2D eigenvalue weighted by molar-refractivity contribution is 0.292. The zero-order valence-electron chi connectivity index (χ0n) is 7.91. The first-order valence-corrected chi connectivity index (χ1v) is 5.70. The minimum atomic E-state index is 0.453. The molecule has 13 heavy (non-hydrogen) atoms. The Morgan fingerprint density at radius 3 is 2.92 bits per heavy atom. The van der Waals surface area contributed by atoms with Gasteiger partial charge < -0.3 is 4.74 Å². The molecule has 0 saturated heterocycles. The third-order valence-corrected chi connectivity index (χ3v) is 2.84. The molecule has 70 valence electrons. The maximum absolute atomic E-state index is 5.79. The Kier molecular flexibility index (Phi) is 2.44. The Balaban J connectivity index is 2.27. The Bertz CT molecular complexity index is 310. The highest BCUT2D eigenvalue weighted by Gasteiger charge is 2.25. The molecule has 0 atom stereocenters. The average molecular weight is 195 g/mol. The van der Waals surface area contributed by atoms with Crippen molar-refractivity contribution in [3.05, 3.63) is 18.0 Å². The van der Waals surface area contributed by atoms with Crippen molar-refractivity contribution < 1.29 is 4.74 Å². The molecule has 1 aromatic rings. The SMILES string of the molecule is CSc1ccnc(C)c1OC1CC1. The van der Waals surface area contributed by atoms with Gasteiger partial charge in [-0.25, -0.2) is 0 Å². The van der Waals surface area contributed by atoms with Gasteiger partial charge in [0.15, 0.2) is 5.75 Å². The second-order valence-corrected chi connectivity index (χ2v) is 4.09. The fraction of sp³-hybridized carbons (Fsp3) is 0.500. The molecule has 1 heterocycles. The van der Waals surface area contributed by atoms with Gasteiger partial charge in [-0.15, -0.1) is 11.8 Å². The molecule has 2 rings (SSSR count). The van der Waals surface area contributed by atoms with Crippen LogP contribution in [0.3, 0.4) is 0 Å². The molecule has 0 bridgehead atoms. The molecule has 1 aliphatic rings. The number of aryl methyl sites for hydroxylation is 1. The first-order valence-electron chi connectivity index (χ1n) is 4.47. The second-order valence-electron chi connectivity index (χ2n) is 3.24. The molecule has 1 aromatic heterocycles. The Morgan fingerprint density at radius 1 is 1.54 bits per heavy atom. The molecule has 0 radical (unpaired) electrons. The van der Waals surface area contributed by atoms with E-state index in [-0.39, 0.29) is 0 Å². The van der Waals surface area contributed by atoms with Crippen molar-refractivity contribution in [3.63, 3.8) is 0 Å². The largest absolute Gasteiger partial charge is 0.487 e. The summed E-state index contributed by atoms with van der Waals surface area (Å²) in [4.78, 5) is 5.42. The molecule has 0 N–H and O–H groups in total. The monoisotopic (exact) mass is 195 g/mol. The molecule has 1 aliphatic carbocycles. The molecule has 0 aromatic carbocycles. The molecule has 0 unspecified atom stereocenters. The number of thioether (sulfide) groups is 1. The van der Waals surface area contributed by atoms with E-state index >= 15 is 0 Å². The molecular weight excluding hydrogens is 182 g/mol. The lowest BCUT2D eigenvalue weighted by Crippen LogP contribution is -2.00. The summed E-state index contributed by atoms with van der Waals surface area (Å²) < 4.78 is 5.79. The van der Waals surface area contributed by atoms with Gasteiger partial charge in [0.25, 0.3) is 0 Å². The van der Waals surface area contributed by atoms with Gasteiger partial charge >= 0.3 is 0 Å². The number of ether oxygens (including phenoxy) is 1. The predicted octanol–water partition coefficient (Wildman–Crippen LogP) is 2.65. The normalized spacial score (nSPS) is 15.8. The lowest BCUT2D eigenvalue weighted by atomic mass is 10.3. The number of hydrogen-bond donors (Lipinski definition) is 0. The summed E-state index contributed by atoms with van der Waals surface area (Å²) in [6, 6.07) is 2.01. The zero-order valence-corrected chi connectivity index (χ0v) is 8.73. The van der Waals surface area contributed by atoms with Crippen molar-refractivity contribution in [1.29, 1.82) is 0 Å². The van der Waals surface area contributed by atoms with Crippen LogP contribution in [0.15, 0.2) is 17.2 Å². The molecular formula is C10H13NOS. The summed E-state index contributed by atoms with van der Waals surface area (Å²) in [5.74, 6) is 0.984. The summed E-state index contributed by atoms with van der Waals surface area (Å²) in [5.41, 5.74) is 0.999. The van der Waals surface area contributed by atoms with Crippen molar-refractivity contribution in [3.8, 4) is 5.75 Å². The number of nitrogens with zero attached hydrogens (tertiary/aromatic N) is 1. The molecule has 2 nitrogen and oxygen atoms in total. The van der Waals surface area contributed by atoms with E-state index in [1.54, 1.807) is 11.8 Å². The quantitative estimate of drug-likeness (QED) is 0.692. The van der Waals surface area contributed by atoms with Gasteiger partial charge in [-0.1, -0.05) is 0 Å². The van der Waals surface area contributed by atoms with E-state index < -0.39 is 0 Å². The summed E-state index contributed by atoms with van der Waals surface area (Å²) in [6.07, 6.45) is 6.74. The maximum atomic E-state index is 5.79. The lowest BCUT2D eigenvalue weighted by Gasteiger charge is -2.10. The van der Waals surface area contributed by atoms with E-state index in [0.717, 1.165) is 11.4 Å². The van der Waals surface area contributed by atoms with Crippen molar-refractivity contribution in [2.24, 2.45) is 0 Å². The first kappa shape index (κ1) is 8.88. The van der Waals surface area contributed by atoms with E-state index in [9.17, 15) is 0 Å². The maximum Gasteiger partial charge on any atom is 0.154 e. The van der Waals surface area contributed by atoms with Gasteiger partial charge in [0.1, 0.15) is 0 Å². The van der Waals surface area contributed by atoms with E-state index in [1.165, 1.54) is 17.7 Å². The van der Waals surface area contributed by atoms with Crippen LogP contribution in [0.5, 0.6) is 5.75 Å². The van der Waals surface area contributed by atoms with E-state index in [1.807, 2.05) is 19.2 Å². The number of rotatable bonds is 3. The van der Waals surface area contributed by atoms with Crippen molar-refractivity contribution >= 4 is 11.8 Å². The fourth-order valence-electron chi connectivity index (χ4n) is 1.19. The van der Waals surface area contributed by atoms with Crippen LogP contribution >= 0.6 is 11.8 Å². The van der Waals surface area contributed by atoms with Crippen molar-refractivity contribution in [2.75, 3.05) is 6.26 Å². The molecule has 0 aliphatic heterocycles. The smallest absolute Gasteiger partial charge is 0.154 e. The Morgan fingerprint density at radius 2 is 2.31 bits per heavy atom. The van der Waals surface area contributed by atoms with Crippen LogP contribution in [-0.2, 0) is 0 Å². The number of pyridine rings is 1. The van der Waals surface area contributed by atoms with E-state index in [4.69, 9.17) is 4.74 Å². The predicted molar refractivity (Wildman–Crippen MR) is 54.4 cm³/mol. The van der Waals surface area contributed by atoms with Crippen molar-refractivity contribution in [1.82, 2.24) is 4.98 Å². The van der Waals surface area contributed by atoms with Gasteiger partial charge in [-0.3, -0.25) is 4.98 Å². The van der Waals surface area contributed by atoms with Gasteiger partial charge in [0, 0.05) is 6.20 Å². The van der Waals surface area contributed by atoms with Crippen LogP contribution in [-0.4, -0.2) is 17.3 Å². The summed E-state index contributed by atoms with van der Waals surface area (Å²) in [7, 11) is 0. The number of aromatic nitrogens is 1. The van der Waals surface area contributed by atoms with Crippen LogP contribution in [0.1, 0.15) is 18.5 Å². The van der Waals surface area contributed by atoms with Crippen LogP contribution in [0.2, 0.25) is 0 Å². The third kappa shape index (κ3) is 1.97. The second kappa shape index (κ2) is 3.58. The summed E-state index contributed by atoms with van der Waals surface area (Å²) >= 11 is 1.71. The highest BCUT2D eigenvalue weighted by Crippen LogP contribution is 2.34. The number of hydrogen-bond acceptors (Lipinski definition) is 3. The van der Waals surface area contributed by atoms with Gasteiger partial charge in [-0.05, 0) is 32.1 Å². The highest BCUT2D eigenvalue weighted by molar-refractivity contribution is 7.98. The summed E-state index contributed by atoms with van der Waals surface area (Å²) in [5, 5.41) is 0. The molecule has 1 fully saturated rings. The molecule has 0 spiro atoms. The minimum absolute atomic E-state index is 0.453. The standard InChI is InChI=1S/C10H13NOS/c1-7-10(12-8-3-4-8)9(13-2)5-6-11-7/h5-6,8H,3-4H2,1-2H3. The van der Waals surface area contributed by atoms with E-state index in [0.29, 0.717) is 6.10 Å². The van der Waals surface area contributed by atoms with Crippen molar-refractivity contribution in [2.45, 2.75) is 30.8 Å². The van der Waals surface area contributed by atoms with Crippen LogP contribution in [0.25, 0.3) is 0 Å².